The predicted molar refractivity (Wildman–Crippen MR) is 108 cm³/mol. The van der Waals surface area contributed by atoms with Gasteiger partial charge in [-0.15, -0.1) is 16.6 Å². The standard InChI is InChI=1S/C21H22N6O/c1-4-19-14-26(11-12-27(19)20-10-9-18(13-22)24-25-20)21(28)23-17-7-5-16(6-8-17)15(2)3/h1,5-10,15,19H,11-12,14H2,2-3H3,(H,23,28)/t19-/m1/s1. The monoisotopic (exact) mass is 374 g/mol. The summed E-state index contributed by atoms with van der Waals surface area (Å²) in [5.41, 5.74) is 2.23. The van der Waals surface area contributed by atoms with E-state index in [1.165, 1.54) is 5.56 Å². The minimum absolute atomic E-state index is 0.178. The summed E-state index contributed by atoms with van der Waals surface area (Å²) in [6, 6.07) is 12.6. The van der Waals surface area contributed by atoms with Gasteiger partial charge in [-0.3, -0.25) is 0 Å². The number of rotatable bonds is 3. The van der Waals surface area contributed by atoms with Gasteiger partial charge in [0.15, 0.2) is 11.5 Å². The van der Waals surface area contributed by atoms with Crippen LogP contribution in [0.3, 0.4) is 0 Å². The van der Waals surface area contributed by atoms with Crippen LogP contribution in [0.1, 0.15) is 31.0 Å². The average molecular weight is 374 g/mol. The third kappa shape index (κ3) is 4.21. The molecule has 28 heavy (non-hydrogen) atoms. The van der Waals surface area contributed by atoms with E-state index in [0.29, 0.717) is 31.4 Å². The van der Waals surface area contributed by atoms with Crippen LogP contribution in [0, 0.1) is 23.7 Å². The van der Waals surface area contributed by atoms with E-state index in [4.69, 9.17) is 11.7 Å². The van der Waals surface area contributed by atoms with E-state index in [1.54, 1.807) is 17.0 Å². The first-order valence-corrected chi connectivity index (χ1v) is 9.14. The maximum absolute atomic E-state index is 12.6. The molecule has 7 nitrogen and oxygen atoms in total. The molecule has 0 bridgehead atoms. The first kappa shape index (κ1) is 19.2. The van der Waals surface area contributed by atoms with Crippen LogP contribution in [0.4, 0.5) is 16.3 Å². The lowest BCUT2D eigenvalue weighted by Gasteiger charge is -2.39. The van der Waals surface area contributed by atoms with Crippen molar-refractivity contribution in [1.29, 1.82) is 5.26 Å². The van der Waals surface area contributed by atoms with Gasteiger partial charge in [-0.05, 0) is 35.7 Å². The highest BCUT2D eigenvalue weighted by molar-refractivity contribution is 5.89. The van der Waals surface area contributed by atoms with Gasteiger partial charge in [0.1, 0.15) is 12.1 Å². The van der Waals surface area contributed by atoms with Gasteiger partial charge in [0.05, 0.1) is 6.54 Å². The molecule has 1 aliphatic rings. The Morgan fingerprint density at radius 3 is 2.54 bits per heavy atom. The summed E-state index contributed by atoms with van der Waals surface area (Å²) in [6.07, 6.45) is 5.70. The molecule has 1 saturated heterocycles. The van der Waals surface area contributed by atoms with Crippen molar-refractivity contribution in [2.24, 2.45) is 0 Å². The van der Waals surface area contributed by atoms with Gasteiger partial charge in [-0.1, -0.05) is 31.9 Å². The summed E-state index contributed by atoms with van der Waals surface area (Å²) in [6.45, 7) is 5.69. The number of carbonyl (C=O) groups excluding carboxylic acids is 1. The Kier molecular flexibility index (Phi) is 5.76. The Hall–Kier alpha value is -3.58. The van der Waals surface area contributed by atoms with Gasteiger partial charge in [-0.25, -0.2) is 4.79 Å². The molecule has 1 aromatic carbocycles. The quantitative estimate of drug-likeness (QED) is 0.835. The van der Waals surface area contributed by atoms with Crippen molar-refractivity contribution in [2.45, 2.75) is 25.8 Å². The number of hydrogen-bond donors (Lipinski definition) is 1. The molecule has 7 heteroatoms. The van der Waals surface area contributed by atoms with Gasteiger partial charge >= 0.3 is 6.03 Å². The van der Waals surface area contributed by atoms with Crippen LogP contribution in [-0.4, -0.2) is 46.8 Å². The number of aromatic nitrogens is 2. The van der Waals surface area contributed by atoms with Crippen LogP contribution in [0.5, 0.6) is 0 Å². The van der Waals surface area contributed by atoms with Crippen LogP contribution >= 0.6 is 0 Å². The Bertz CT molecular complexity index is 908. The fourth-order valence-corrected chi connectivity index (χ4v) is 3.08. The van der Waals surface area contributed by atoms with Crippen LogP contribution in [0.15, 0.2) is 36.4 Å². The Morgan fingerprint density at radius 2 is 1.96 bits per heavy atom. The molecule has 0 aliphatic carbocycles. The molecule has 1 N–H and O–H groups in total. The number of carbonyl (C=O) groups is 1. The second-order valence-electron chi connectivity index (χ2n) is 6.92. The van der Waals surface area contributed by atoms with Gasteiger partial charge < -0.3 is 15.1 Å². The molecule has 3 rings (SSSR count). The van der Waals surface area contributed by atoms with Crippen molar-refractivity contribution in [3.8, 4) is 18.4 Å². The Morgan fingerprint density at radius 1 is 1.21 bits per heavy atom. The fraction of sp³-hybridized carbons (Fsp3) is 0.333. The molecular formula is C21H22N6O. The van der Waals surface area contributed by atoms with E-state index in [2.05, 4.69) is 35.3 Å². The maximum Gasteiger partial charge on any atom is 0.322 e. The van der Waals surface area contributed by atoms with Crippen molar-refractivity contribution in [1.82, 2.24) is 15.1 Å². The summed E-state index contributed by atoms with van der Waals surface area (Å²) in [4.78, 5) is 16.3. The van der Waals surface area contributed by atoms with E-state index in [-0.39, 0.29) is 17.8 Å². The molecule has 1 atom stereocenters. The highest BCUT2D eigenvalue weighted by Gasteiger charge is 2.29. The summed E-state index contributed by atoms with van der Waals surface area (Å²) < 4.78 is 0. The van der Waals surface area contributed by atoms with E-state index in [0.717, 1.165) is 5.69 Å². The lowest BCUT2D eigenvalue weighted by Crippen LogP contribution is -2.55. The number of hydrogen-bond acceptors (Lipinski definition) is 5. The zero-order chi connectivity index (χ0) is 20.1. The van der Waals surface area contributed by atoms with E-state index < -0.39 is 0 Å². The smallest absolute Gasteiger partial charge is 0.322 e. The molecule has 2 aromatic rings. The molecule has 1 fully saturated rings. The molecular weight excluding hydrogens is 352 g/mol. The number of anilines is 2. The van der Waals surface area contributed by atoms with Crippen molar-refractivity contribution in [3.63, 3.8) is 0 Å². The topological polar surface area (TPSA) is 85.2 Å². The van der Waals surface area contributed by atoms with Crippen molar-refractivity contribution < 1.29 is 4.79 Å². The number of piperazine rings is 1. The van der Waals surface area contributed by atoms with Gasteiger partial charge in [-0.2, -0.15) is 5.26 Å². The molecule has 2 heterocycles. The first-order valence-electron chi connectivity index (χ1n) is 9.14. The van der Waals surface area contributed by atoms with Crippen molar-refractivity contribution in [2.75, 3.05) is 29.9 Å². The molecule has 0 saturated carbocycles. The van der Waals surface area contributed by atoms with E-state index in [1.807, 2.05) is 35.2 Å². The molecule has 1 aliphatic heterocycles. The Labute approximate surface area is 165 Å². The van der Waals surface area contributed by atoms with Gasteiger partial charge in [0, 0.05) is 18.8 Å². The fourth-order valence-electron chi connectivity index (χ4n) is 3.08. The van der Waals surface area contributed by atoms with Crippen LogP contribution in [0.2, 0.25) is 0 Å². The number of nitrogens with zero attached hydrogens (tertiary/aromatic N) is 5. The van der Waals surface area contributed by atoms with E-state index >= 15 is 0 Å². The number of urea groups is 1. The lowest BCUT2D eigenvalue weighted by atomic mass is 10.0. The highest BCUT2D eigenvalue weighted by atomic mass is 16.2. The first-order chi connectivity index (χ1) is 13.5. The molecule has 1 aromatic heterocycles. The second kappa shape index (κ2) is 8.41. The summed E-state index contributed by atoms with van der Waals surface area (Å²) in [7, 11) is 0. The molecule has 142 valence electrons. The van der Waals surface area contributed by atoms with Gasteiger partial charge in [0.2, 0.25) is 0 Å². The molecule has 0 radical (unpaired) electrons. The van der Waals surface area contributed by atoms with Crippen LogP contribution < -0.4 is 10.2 Å². The minimum atomic E-state index is -0.315. The molecule has 0 unspecified atom stereocenters. The van der Waals surface area contributed by atoms with E-state index in [9.17, 15) is 4.79 Å². The van der Waals surface area contributed by atoms with Crippen molar-refractivity contribution in [3.05, 3.63) is 47.7 Å². The Balaban J connectivity index is 1.64. The number of benzene rings is 1. The molecule has 2 amide bonds. The number of terminal acetylenes is 1. The minimum Gasteiger partial charge on any atom is -0.338 e. The zero-order valence-electron chi connectivity index (χ0n) is 16.0. The second-order valence-corrected chi connectivity index (χ2v) is 6.92. The number of amides is 2. The summed E-state index contributed by atoms with van der Waals surface area (Å²) in [5.74, 6) is 3.77. The van der Waals surface area contributed by atoms with Crippen LogP contribution in [0.25, 0.3) is 0 Å². The SMILES string of the molecule is C#C[C@@H]1CN(C(=O)Nc2ccc(C(C)C)cc2)CCN1c1ccc(C#N)nn1. The largest absolute Gasteiger partial charge is 0.338 e. The number of nitrogens with one attached hydrogen (secondary N) is 1. The lowest BCUT2D eigenvalue weighted by molar-refractivity contribution is 0.203. The summed E-state index contributed by atoms with van der Waals surface area (Å²) in [5, 5.41) is 19.7. The van der Waals surface area contributed by atoms with Gasteiger partial charge in [0.25, 0.3) is 0 Å². The number of nitriles is 1. The average Bonchev–Trinajstić information content (AvgIpc) is 2.73. The molecule has 0 spiro atoms. The predicted octanol–water partition coefficient (Wildman–Crippen LogP) is 2.83. The van der Waals surface area contributed by atoms with Crippen molar-refractivity contribution >= 4 is 17.5 Å². The zero-order valence-corrected chi connectivity index (χ0v) is 16.0. The highest BCUT2D eigenvalue weighted by Crippen LogP contribution is 2.20. The third-order valence-corrected chi connectivity index (χ3v) is 4.75. The van der Waals surface area contributed by atoms with Crippen LogP contribution in [-0.2, 0) is 0 Å². The maximum atomic E-state index is 12.6. The summed E-state index contributed by atoms with van der Waals surface area (Å²) >= 11 is 0. The third-order valence-electron chi connectivity index (χ3n) is 4.75. The normalized spacial score (nSPS) is 16.4.